The molecule has 1 aromatic rings. The van der Waals surface area contributed by atoms with Crippen molar-refractivity contribution in [1.82, 2.24) is 4.90 Å². The number of nitrogens with one attached hydrogen (secondary N) is 1. The van der Waals surface area contributed by atoms with Gasteiger partial charge in [-0.05, 0) is 19.8 Å². The molecule has 1 saturated heterocycles. The first-order chi connectivity index (χ1) is 13.2. The summed E-state index contributed by atoms with van der Waals surface area (Å²) in [5.74, 6) is -1.81. The molecule has 0 aliphatic carbocycles. The summed E-state index contributed by atoms with van der Waals surface area (Å²) in [6.07, 6.45) is 0.513. The van der Waals surface area contributed by atoms with Gasteiger partial charge in [0.15, 0.2) is 5.90 Å². The molecule has 1 aromatic heterocycles. The quantitative estimate of drug-likeness (QED) is 0.253. The van der Waals surface area contributed by atoms with Crippen molar-refractivity contribution >= 4 is 45.6 Å². The summed E-state index contributed by atoms with van der Waals surface area (Å²) in [7, 11) is 4.12. The van der Waals surface area contributed by atoms with E-state index in [1.54, 1.807) is 18.9 Å². The smallest absolute Gasteiger partial charge is 0.379 e. The van der Waals surface area contributed by atoms with E-state index in [0.717, 1.165) is 18.4 Å². The van der Waals surface area contributed by atoms with E-state index in [-0.39, 0.29) is 23.8 Å². The van der Waals surface area contributed by atoms with E-state index in [1.165, 1.54) is 12.5 Å². The number of carbonyl (C=O) groups excluding carboxylic acids is 3. The van der Waals surface area contributed by atoms with E-state index in [2.05, 4.69) is 15.0 Å². The summed E-state index contributed by atoms with van der Waals surface area (Å²) in [6.45, 7) is 2.24. The third kappa shape index (κ3) is 5.06. The minimum atomic E-state index is -1.24. The van der Waals surface area contributed by atoms with Gasteiger partial charge >= 0.3 is 5.97 Å². The summed E-state index contributed by atoms with van der Waals surface area (Å²) >= 11 is 1.13. The number of ether oxygens (including phenoxy) is 2. The maximum Gasteiger partial charge on any atom is 0.379 e. The van der Waals surface area contributed by atoms with Crippen molar-refractivity contribution in [2.24, 2.45) is 4.99 Å². The first kappa shape index (κ1) is 21.8. The number of halogens is 1. The average Bonchev–Trinajstić information content (AvgIpc) is 3.08. The number of carbonyl (C=O) groups is 3. The minimum Gasteiger partial charge on any atom is -0.484 e. The molecular formula is C18H24FN3O5S. The highest BCUT2D eigenvalue weighted by Gasteiger charge is 2.32. The van der Waals surface area contributed by atoms with Gasteiger partial charge in [0.1, 0.15) is 17.1 Å². The highest BCUT2D eigenvalue weighted by Crippen LogP contribution is 2.37. The number of esters is 1. The zero-order valence-electron chi connectivity index (χ0n) is 16.3. The Kier molecular flexibility index (Phi) is 7.11. The van der Waals surface area contributed by atoms with E-state index < -0.39 is 17.4 Å². The van der Waals surface area contributed by atoms with E-state index in [9.17, 15) is 18.8 Å². The van der Waals surface area contributed by atoms with Crippen LogP contribution in [-0.2, 0) is 19.1 Å². The lowest BCUT2D eigenvalue weighted by molar-refractivity contribution is -0.135. The van der Waals surface area contributed by atoms with Crippen molar-refractivity contribution in [1.29, 1.82) is 0 Å². The van der Waals surface area contributed by atoms with Gasteiger partial charge in [-0.3, -0.25) is 9.59 Å². The fraction of sp³-hybridized carbons (Fsp3) is 0.556. The highest BCUT2D eigenvalue weighted by molar-refractivity contribution is 7.15. The zero-order valence-corrected chi connectivity index (χ0v) is 17.2. The van der Waals surface area contributed by atoms with Crippen molar-refractivity contribution in [2.45, 2.75) is 31.9 Å². The molecule has 2 rings (SSSR count). The Labute approximate surface area is 166 Å². The lowest BCUT2D eigenvalue weighted by Gasteiger charge is -2.34. The molecule has 10 heteroatoms. The predicted octanol–water partition coefficient (Wildman–Crippen LogP) is 2.56. The number of hydrogen-bond donors (Lipinski definition) is 1. The third-order valence-corrected chi connectivity index (χ3v) is 5.43. The molecule has 1 aliphatic heterocycles. The van der Waals surface area contributed by atoms with Gasteiger partial charge in [0.25, 0.3) is 5.78 Å². The second kappa shape index (κ2) is 9.13. The number of rotatable bonds is 6. The average molecular weight is 413 g/mol. The summed E-state index contributed by atoms with van der Waals surface area (Å²) in [4.78, 5) is 42.0. The molecule has 0 atom stereocenters. The number of piperidine rings is 1. The number of methoxy groups -OCH3 is 2. The first-order valence-electron chi connectivity index (χ1n) is 8.72. The molecule has 0 bridgehead atoms. The molecule has 154 valence electrons. The van der Waals surface area contributed by atoms with Crippen LogP contribution in [0.4, 0.5) is 15.1 Å². The number of anilines is 1. The number of nitrogens with zero attached hydrogens (tertiary/aromatic N) is 2. The SMILES string of the molecule is CNc1c(C(=O)C(=O)OC)csc1/N=C(\CC(=O)N1CCC(C)(F)CC1)OC. The van der Waals surface area contributed by atoms with Crippen LogP contribution in [0.15, 0.2) is 10.4 Å². The van der Waals surface area contributed by atoms with Crippen LogP contribution in [0.2, 0.25) is 0 Å². The van der Waals surface area contributed by atoms with Gasteiger partial charge in [-0.1, -0.05) is 0 Å². The molecule has 0 aromatic carbocycles. The van der Waals surface area contributed by atoms with Crippen LogP contribution in [0, 0.1) is 0 Å². The molecule has 2 heterocycles. The summed E-state index contributed by atoms with van der Waals surface area (Å²) in [6, 6.07) is 0. The van der Waals surface area contributed by atoms with Crippen LogP contribution in [0.1, 0.15) is 36.5 Å². The summed E-state index contributed by atoms with van der Waals surface area (Å²) < 4.78 is 23.6. The molecule has 0 saturated carbocycles. The molecule has 28 heavy (non-hydrogen) atoms. The van der Waals surface area contributed by atoms with Crippen molar-refractivity contribution in [2.75, 3.05) is 39.7 Å². The number of ketones is 1. The second-order valence-corrected chi connectivity index (χ2v) is 7.44. The number of Topliss-reactive ketones (excluding diaryl/α,β-unsaturated/α-hetero) is 1. The molecule has 1 amide bonds. The van der Waals surface area contributed by atoms with Crippen LogP contribution in [-0.4, -0.2) is 68.5 Å². The predicted molar refractivity (Wildman–Crippen MR) is 104 cm³/mol. The zero-order chi connectivity index (χ0) is 20.9. The molecule has 1 aliphatic rings. The van der Waals surface area contributed by atoms with Crippen LogP contribution < -0.4 is 5.32 Å². The molecular weight excluding hydrogens is 389 g/mol. The Morgan fingerprint density at radius 1 is 1.29 bits per heavy atom. The number of amides is 1. The Bertz CT molecular complexity index is 780. The van der Waals surface area contributed by atoms with Gasteiger partial charge in [0.2, 0.25) is 5.91 Å². The molecule has 0 unspecified atom stereocenters. The van der Waals surface area contributed by atoms with Crippen LogP contribution in [0.25, 0.3) is 0 Å². The standard InChI is InChI=1S/C18H24FN3O5S/c1-18(19)5-7-22(8-6-18)13(23)9-12(26-3)21-16-14(20-2)11(10-28-16)15(24)17(25)27-4/h10,20H,5-9H2,1-4H3/b21-12+. The Morgan fingerprint density at radius 3 is 2.46 bits per heavy atom. The fourth-order valence-corrected chi connectivity index (χ4v) is 3.71. The van der Waals surface area contributed by atoms with Crippen molar-refractivity contribution in [3.8, 4) is 0 Å². The topological polar surface area (TPSA) is 97.3 Å². The van der Waals surface area contributed by atoms with E-state index >= 15 is 0 Å². The van der Waals surface area contributed by atoms with Gasteiger partial charge in [0.05, 0.1) is 25.5 Å². The number of alkyl halides is 1. The highest BCUT2D eigenvalue weighted by atomic mass is 32.1. The van der Waals surface area contributed by atoms with Crippen LogP contribution >= 0.6 is 11.3 Å². The summed E-state index contributed by atoms with van der Waals surface area (Å²) in [5, 5.41) is 4.73. The Morgan fingerprint density at radius 2 is 1.93 bits per heavy atom. The van der Waals surface area contributed by atoms with E-state index in [1.807, 2.05) is 0 Å². The van der Waals surface area contributed by atoms with Gasteiger partial charge < -0.3 is 19.7 Å². The van der Waals surface area contributed by atoms with E-state index in [0.29, 0.717) is 36.6 Å². The second-order valence-electron chi connectivity index (χ2n) is 6.58. The molecule has 1 fully saturated rings. The lowest BCUT2D eigenvalue weighted by Crippen LogP contribution is -2.43. The molecule has 8 nitrogen and oxygen atoms in total. The Balaban J connectivity index is 2.16. The van der Waals surface area contributed by atoms with Crippen molar-refractivity contribution in [3.05, 3.63) is 10.9 Å². The van der Waals surface area contributed by atoms with Crippen molar-refractivity contribution in [3.63, 3.8) is 0 Å². The van der Waals surface area contributed by atoms with Gasteiger partial charge in [-0.25, -0.2) is 14.2 Å². The third-order valence-electron chi connectivity index (χ3n) is 4.56. The first-order valence-corrected chi connectivity index (χ1v) is 9.60. The monoisotopic (exact) mass is 413 g/mol. The van der Waals surface area contributed by atoms with Gasteiger partial charge in [-0.15, -0.1) is 11.3 Å². The van der Waals surface area contributed by atoms with E-state index in [4.69, 9.17) is 4.74 Å². The van der Waals surface area contributed by atoms with Crippen molar-refractivity contribution < 1.29 is 28.2 Å². The molecule has 0 spiro atoms. The lowest BCUT2D eigenvalue weighted by atomic mass is 9.95. The summed E-state index contributed by atoms with van der Waals surface area (Å²) in [5.41, 5.74) is -0.748. The number of likely N-dealkylation sites (tertiary alicyclic amines) is 1. The molecule has 0 radical (unpaired) electrons. The van der Waals surface area contributed by atoms with Gasteiger partial charge in [0, 0.05) is 25.5 Å². The normalized spacial score (nSPS) is 16.5. The maximum atomic E-state index is 13.9. The number of thiophene rings is 1. The van der Waals surface area contributed by atoms with Crippen LogP contribution in [0.3, 0.4) is 0 Å². The fourth-order valence-electron chi connectivity index (χ4n) is 2.78. The number of aliphatic imine (C=N–C) groups is 1. The van der Waals surface area contributed by atoms with Crippen LogP contribution in [0.5, 0.6) is 0 Å². The minimum absolute atomic E-state index is 0.0825. The largest absolute Gasteiger partial charge is 0.484 e. The molecule has 1 N–H and O–H groups in total. The Hall–Kier alpha value is -2.49. The van der Waals surface area contributed by atoms with Gasteiger partial charge in [-0.2, -0.15) is 0 Å². The number of hydrogen-bond acceptors (Lipinski definition) is 8. The maximum absolute atomic E-state index is 13.9.